The van der Waals surface area contributed by atoms with Crippen LogP contribution in [-0.4, -0.2) is 161 Å². The summed E-state index contributed by atoms with van der Waals surface area (Å²) < 4.78 is 99.9. The number of anilines is 2. The van der Waals surface area contributed by atoms with Crippen molar-refractivity contribution in [2.24, 2.45) is 5.41 Å². The Bertz CT molecular complexity index is 3580. The van der Waals surface area contributed by atoms with Crippen LogP contribution in [0.5, 0.6) is 0 Å². The van der Waals surface area contributed by atoms with Gasteiger partial charge in [-0.1, -0.05) is 67.4 Å². The Morgan fingerprint density at radius 3 is 2.16 bits per heavy atom. The van der Waals surface area contributed by atoms with Gasteiger partial charge in [-0.25, -0.2) is 21.6 Å². The van der Waals surface area contributed by atoms with E-state index >= 15 is 0 Å². The number of piperidine rings is 1. The summed E-state index contributed by atoms with van der Waals surface area (Å²) in [5, 5.41) is 6.10. The fourth-order valence-electron chi connectivity index (χ4n) is 11.9. The number of fused-ring (bicyclic) bond motifs is 1. The molecule has 4 aliphatic heterocycles. The Hall–Kier alpha value is -5.92. The van der Waals surface area contributed by atoms with Gasteiger partial charge in [-0.3, -0.25) is 34.3 Å². The highest BCUT2D eigenvalue weighted by Gasteiger charge is 2.49. The third kappa shape index (κ3) is 15.1. The van der Waals surface area contributed by atoms with Gasteiger partial charge in [-0.2, -0.15) is 13.2 Å². The molecule has 4 heterocycles. The van der Waals surface area contributed by atoms with E-state index in [0.29, 0.717) is 48.5 Å². The smallest absolute Gasteiger partial charge is 0.380 e. The third-order valence-corrected chi connectivity index (χ3v) is 22.1. The van der Waals surface area contributed by atoms with E-state index in [0.717, 1.165) is 111 Å². The van der Waals surface area contributed by atoms with Gasteiger partial charge >= 0.3 is 5.51 Å². The van der Waals surface area contributed by atoms with Crippen molar-refractivity contribution in [1.29, 1.82) is 0 Å². The topological polar surface area (TPSA) is 189 Å². The lowest BCUT2D eigenvalue weighted by molar-refractivity contribution is -0.136. The molecule has 5 aliphatic rings. The van der Waals surface area contributed by atoms with Gasteiger partial charge < -0.3 is 20.0 Å². The van der Waals surface area contributed by atoms with Gasteiger partial charge in [-0.15, -0.1) is 23.5 Å². The zero-order valence-electron chi connectivity index (χ0n) is 47.9. The molecule has 458 valence electrons. The highest BCUT2D eigenvalue weighted by Crippen LogP contribution is 2.43. The summed E-state index contributed by atoms with van der Waals surface area (Å²) >= 11 is 9.29. The second-order valence-electron chi connectivity index (χ2n) is 23.2. The van der Waals surface area contributed by atoms with Gasteiger partial charge in [0.15, 0.2) is 0 Å². The molecule has 3 N–H and O–H groups in total. The Kier molecular flexibility index (Phi) is 19.7. The first-order valence-electron chi connectivity index (χ1n) is 28.9. The first-order valence-corrected chi connectivity index (χ1v) is 34.2. The number of carbonyl (C=O) groups is 4. The summed E-state index contributed by atoms with van der Waals surface area (Å²) in [5.41, 5.74) is 0.244. The molecule has 24 heteroatoms. The molecule has 5 aromatic carbocycles. The zero-order valence-corrected chi connectivity index (χ0v) is 51.9. The fourth-order valence-corrected chi connectivity index (χ4v) is 16.1. The summed E-state index contributed by atoms with van der Waals surface area (Å²) in [5.74, 6) is -1.01. The van der Waals surface area contributed by atoms with E-state index in [-0.39, 0.29) is 42.2 Å². The molecule has 86 heavy (non-hydrogen) atoms. The predicted octanol–water partition coefficient (Wildman–Crippen LogP) is 9.67. The van der Waals surface area contributed by atoms with Crippen molar-refractivity contribution < 1.29 is 49.2 Å². The molecule has 2 atom stereocenters. The molecule has 0 aromatic heterocycles. The molecule has 1 aliphatic carbocycles. The predicted molar refractivity (Wildman–Crippen MR) is 331 cm³/mol. The Morgan fingerprint density at radius 1 is 0.791 bits per heavy atom. The van der Waals surface area contributed by atoms with Gasteiger partial charge in [0.05, 0.1) is 10.6 Å². The summed E-state index contributed by atoms with van der Waals surface area (Å²) in [6.45, 7) is 12.9. The highest BCUT2D eigenvalue weighted by molar-refractivity contribution is 7.99. The number of rotatable bonds is 21. The summed E-state index contributed by atoms with van der Waals surface area (Å²) in [4.78, 5) is 61.7. The second kappa shape index (κ2) is 26.8. The molecule has 4 amide bonds. The number of sulfonamides is 1. The maximum atomic E-state index is 14.5. The zero-order chi connectivity index (χ0) is 61.0. The first kappa shape index (κ1) is 63.1. The van der Waals surface area contributed by atoms with Crippen molar-refractivity contribution in [3.63, 3.8) is 0 Å². The molecular weight excluding hydrogens is 1210 g/mol. The van der Waals surface area contributed by atoms with Crippen LogP contribution < -0.4 is 20.3 Å². The van der Waals surface area contributed by atoms with Crippen LogP contribution in [0.25, 0.3) is 5.57 Å². The third-order valence-electron chi connectivity index (χ3n) is 16.7. The van der Waals surface area contributed by atoms with Gasteiger partial charge in [-0.05, 0) is 133 Å². The second-order valence-corrected chi connectivity index (χ2v) is 29.5. The largest absolute Gasteiger partial charge is 0.501 e. The number of nitrogens with zero attached hydrogens (tertiary/aromatic N) is 5. The summed E-state index contributed by atoms with van der Waals surface area (Å²) in [7, 11) is -11.0. The molecular formula is C62H70ClF3N8O8S4. The molecule has 3 saturated heterocycles. The molecule has 5 aromatic rings. The molecule has 0 bridgehead atoms. The molecule has 0 saturated carbocycles. The minimum atomic E-state index is -6.13. The van der Waals surface area contributed by atoms with Gasteiger partial charge in [0.25, 0.3) is 31.7 Å². The summed E-state index contributed by atoms with van der Waals surface area (Å²) in [6, 6.07) is 30.5. The number of hydrogen-bond acceptors (Lipinski definition) is 15. The molecule has 0 spiro atoms. The van der Waals surface area contributed by atoms with Crippen LogP contribution in [-0.2, 0) is 36.0 Å². The minimum Gasteiger partial charge on any atom is -0.380 e. The first-order chi connectivity index (χ1) is 41.0. The van der Waals surface area contributed by atoms with E-state index < -0.39 is 64.7 Å². The number of imide groups is 1. The summed E-state index contributed by atoms with van der Waals surface area (Å²) in [6.07, 6.45) is 3.96. The number of nitrogens with one attached hydrogen (secondary N) is 3. The van der Waals surface area contributed by atoms with E-state index in [4.69, 9.17) is 11.6 Å². The SMILES string of the molecule is CC1(C)CCC(c2ccc(Cl)cc2)=C(CN2CCN(c3ccc(C(=O)NS(=O)(=O)c4ccc(NC(CCN5CCN(CCSc6cccc7c6CN(C6CCC(=O)NC6=O)C7=O)CC5)CSc5ccccc5)c(S(=O)(=O)C(F)(F)F)c4)cc3)CC2)C1. The number of sulfone groups is 1. The number of thioether (sulfide) groups is 2. The Morgan fingerprint density at radius 2 is 1.48 bits per heavy atom. The minimum absolute atomic E-state index is 0.0218. The van der Waals surface area contributed by atoms with Crippen LogP contribution in [0, 0.1) is 5.41 Å². The van der Waals surface area contributed by atoms with Crippen molar-refractivity contribution in [3.8, 4) is 0 Å². The molecule has 10 rings (SSSR count). The van der Waals surface area contributed by atoms with Crippen molar-refractivity contribution in [2.45, 2.75) is 96.1 Å². The van der Waals surface area contributed by atoms with E-state index in [1.165, 1.54) is 40.6 Å². The van der Waals surface area contributed by atoms with Crippen LogP contribution in [0.1, 0.15) is 84.2 Å². The number of benzene rings is 5. The lowest BCUT2D eigenvalue weighted by Gasteiger charge is -2.39. The Balaban J connectivity index is 0.749. The molecule has 3 fully saturated rings. The maximum absolute atomic E-state index is 14.5. The number of halogens is 4. The van der Waals surface area contributed by atoms with E-state index in [9.17, 15) is 49.2 Å². The van der Waals surface area contributed by atoms with Crippen molar-refractivity contribution >= 4 is 95.6 Å². The number of carbonyl (C=O) groups excluding carboxylic acids is 4. The number of hydrogen-bond donors (Lipinski definition) is 3. The van der Waals surface area contributed by atoms with Crippen LogP contribution in [0.3, 0.4) is 0 Å². The lowest BCUT2D eigenvalue weighted by Crippen LogP contribution is -2.52. The number of piperazine rings is 2. The quantitative estimate of drug-likeness (QED) is 0.0465. The van der Waals surface area contributed by atoms with Gasteiger partial charge in [0.2, 0.25) is 11.8 Å². The highest BCUT2D eigenvalue weighted by atomic mass is 35.5. The van der Waals surface area contributed by atoms with Crippen LogP contribution in [0.4, 0.5) is 24.5 Å². The fraction of sp³-hybridized carbons (Fsp3) is 0.419. The van der Waals surface area contributed by atoms with Crippen molar-refractivity contribution in [2.75, 3.05) is 93.7 Å². The van der Waals surface area contributed by atoms with Crippen LogP contribution >= 0.6 is 35.1 Å². The molecule has 2 unspecified atom stereocenters. The average molecular weight is 1280 g/mol. The maximum Gasteiger partial charge on any atom is 0.501 e. The molecule has 16 nitrogen and oxygen atoms in total. The standard InChI is InChI=1S/C62H70ClF3N8O8S4/c1-61(2)25-23-50(42-11-15-45(63)16-12-42)44(38-61)39-72-31-33-73(34-32-72)47-17-13-43(14-18-47)58(76)69-86(81,82)49-19-20-53(56(37-49)85(79,80)62(64,65)66)67-46(41-84-48-7-4-3-5-8-48)24-26-70-27-29-71(30-28-70)35-36-83-55-10-6-9-51-52(55)40-74(60(51)78)54-21-22-57(75)68-59(54)77/h3-20,37,46,54,67H,21-36,38-41H2,1-2H3,(H,69,76)(H,68,75,77). The normalized spacial score (nSPS) is 19.6. The van der Waals surface area contributed by atoms with Gasteiger partial charge in [0, 0.05) is 134 Å². The van der Waals surface area contributed by atoms with E-state index in [1.807, 2.05) is 59.3 Å². The van der Waals surface area contributed by atoms with Crippen LogP contribution in [0.2, 0.25) is 5.02 Å². The Labute approximate surface area is 514 Å². The average Bonchev–Trinajstić information content (AvgIpc) is 1.52. The van der Waals surface area contributed by atoms with Crippen molar-refractivity contribution in [3.05, 3.63) is 148 Å². The lowest BCUT2D eigenvalue weighted by atomic mass is 9.73. The molecule has 0 radical (unpaired) electrons. The van der Waals surface area contributed by atoms with Crippen molar-refractivity contribution in [1.82, 2.24) is 29.6 Å². The van der Waals surface area contributed by atoms with E-state index in [2.05, 4.69) is 56.2 Å². The number of alkyl halides is 3. The van der Waals surface area contributed by atoms with E-state index in [1.54, 1.807) is 34.9 Å². The monoisotopic (exact) mass is 1270 g/mol. The number of allylic oxidation sites excluding steroid dienone is 1. The number of amides is 4. The van der Waals surface area contributed by atoms with Crippen LogP contribution in [0.15, 0.2) is 140 Å². The van der Waals surface area contributed by atoms with Gasteiger partial charge in [0.1, 0.15) is 10.9 Å².